The molecule has 0 bridgehead atoms. The van der Waals surface area contributed by atoms with Gasteiger partial charge in [-0.15, -0.1) is 0 Å². The second kappa shape index (κ2) is 5.39. The lowest BCUT2D eigenvalue weighted by molar-refractivity contribution is 0.601. The van der Waals surface area contributed by atoms with Crippen molar-refractivity contribution in [2.45, 2.75) is 17.8 Å². The van der Waals surface area contributed by atoms with Gasteiger partial charge >= 0.3 is 0 Å². The Balaban J connectivity index is 2.21. The smallest absolute Gasteiger partial charge is 0.152 e. The molecule has 3 nitrogen and oxygen atoms in total. The minimum Gasteiger partial charge on any atom is -0.369 e. The Morgan fingerprint density at radius 1 is 1.50 bits per heavy atom. The van der Waals surface area contributed by atoms with Crippen LogP contribution in [0.25, 0.3) is 0 Å². The number of hydrogen-bond donors (Lipinski definition) is 0. The molecule has 0 spiro atoms. The summed E-state index contributed by atoms with van der Waals surface area (Å²) in [5.74, 6) is 0.499. The van der Waals surface area contributed by atoms with Crippen LogP contribution in [0.5, 0.6) is 0 Å². The Hall–Kier alpha value is -0.260. The van der Waals surface area contributed by atoms with Crippen LogP contribution in [-0.2, 0) is 15.2 Å². The number of rotatable bonds is 3. The Morgan fingerprint density at radius 3 is 2.72 bits per heavy atom. The van der Waals surface area contributed by atoms with E-state index in [2.05, 4.69) is 15.9 Å². The molecule has 1 unspecified atom stereocenters. The van der Waals surface area contributed by atoms with Crippen molar-refractivity contribution in [1.82, 2.24) is 0 Å². The summed E-state index contributed by atoms with van der Waals surface area (Å²) >= 11 is 9.62. The largest absolute Gasteiger partial charge is 0.369 e. The highest BCUT2D eigenvalue weighted by Crippen LogP contribution is 2.30. The molecule has 0 aliphatic carbocycles. The van der Waals surface area contributed by atoms with Crippen molar-refractivity contribution in [3.05, 3.63) is 28.8 Å². The van der Waals surface area contributed by atoms with Crippen LogP contribution in [0, 0.1) is 0 Å². The molecule has 0 aromatic heterocycles. The van der Waals surface area contributed by atoms with Crippen LogP contribution < -0.4 is 4.90 Å². The molecule has 100 valence electrons. The van der Waals surface area contributed by atoms with E-state index in [4.69, 9.17) is 11.6 Å². The average Bonchev–Trinajstić information content (AvgIpc) is 2.68. The van der Waals surface area contributed by atoms with Crippen molar-refractivity contribution in [3.8, 4) is 0 Å². The summed E-state index contributed by atoms with van der Waals surface area (Å²) in [7, 11) is -0.963. The predicted octanol–water partition coefficient (Wildman–Crippen LogP) is 2.86. The van der Waals surface area contributed by atoms with Gasteiger partial charge in [0.15, 0.2) is 9.84 Å². The third-order valence-electron chi connectivity index (χ3n) is 3.30. The normalized spacial score (nSPS) is 22.1. The molecule has 1 fully saturated rings. The third-order valence-corrected chi connectivity index (χ3v) is 6.00. The van der Waals surface area contributed by atoms with Gasteiger partial charge in [-0.3, -0.25) is 0 Å². The fourth-order valence-electron chi connectivity index (χ4n) is 2.20. The Kier molecular flexibility index (Phi) is 4.24. The second-order valence-corrected chi connectivity index (χ2v) is 7.78. The van der Waals surface area contributed by atoms with E-state index in [0.717, 1.165) is 16.6 Å². The summed E-state index contributed by atoms with van der Waals surface area (Å²) in [6.45, 7) is 0. The first-order valence-corrected chi connectivity index (χ1v) is 9.02. The fourth-order valence-corrected chi connectivity index (χ4v) is 4.66. The van der Waals surface area contributed by atoms with E-state index in [9.17, 15) is 8.42 Å². The zero-order chi connectivity index (χ0) is 13.3. The van der Waals surface area contributed by atoms with Crippen LogP contribution in [0.4, 0.5) is 5.69 Å². The maximum absolute atomic E-state index is 11.5. The van der Waals surface area contributed by atoms with Gasteiger partial charge < -0.3 is 4.90 Å². The summed E-state index contributed by atoms with van der Waals surface area (Å²) in [5.41, 5.74) is 2.00. The highest BCUT2D eigenvalue weighted by atomic mass is 79.9. The first-order valence-electron chi connectivity index (χ1n) is 5.70. The molecule has 0 saturated carbocycles. The van der Waals surface area contributed by atoms with Crippen molar-refractivity contribution in [1.29, 1.82) is 0 Å². The van der Waals surface area contributed by atoms with E-state index in [1.165, 1.54) is 0 Å². The van der Waals surface area contributed by atoms with E-state index >= 15 is 0 Å². The van der Waals surface area contributed by atoms with Crippen LogP contribution in [-0.4, -0.2) is 33.0 Å². The minimum atomic E-state index is -2.87. The third kappa shape index (κ3) is 3.00. The molecule has 1 aromatic carbocycles. The molecule has 1 aliphatic rings. The van der Waals surface area contributed by atoms with Gasteiger partial charge in [-0.05, 0) is 24.1 Å². The van der Waals surface area contributed by atoms with Crippen molar-refractivity contribution in [2.24, 2.45) is 0 Å². The molecule has 18 heavy (non-hydrogen) atoms. The van der Waals surface area contributed by atoms with Crippen LogP contribution in [0.1, 0.15) is 12.0 Å². The summed E-state index contributed by atoms with van der Waals surface area (Å²) < 4.78 is 23.0. The van der Waals surface area contributed by atoms with Crippen LogP contribution in [0.3, 0.4) is 0 Å². The predicted molar refractivity (Wildman–Crippen MR) is 79.5 cm³/mol. The SMILES string of the molecule is CN(c1ccc(CBr)cc1Cl)C1CCS(=O)(=O)C1. The van der Waals surface area contributed by atoms with Crippen LogP contribution in [0.2, 0.25) is 5.02 Å². The van der Waals surface area contributed by atoms with E-state index in [1.807, 2.05) is 30.1 Å². The Morgan fingerprint density at radius 2 is 2.22 bits per heavy atom. The highest BCUT2D eigenvalue weighted by Gasteiger charge is 2.31. The minimum absolute atomic E-state index is 0.0299. The maximum atomic E-state index is 11.5. The highest BCUT2D eigenvalue weighted by molar-refractivity contribution is 9.08. The van der Waals surface area contributed by atoms with Crippen molar-refractivity contribution >= 4 is 43.1 Å². The van der Waals surface area contributed by atoms with Gasteiger partial charge in [0.25, 0.3) is 0 Å². The molecule has 0 N–H and O–H groups in total. The summed E-state index contributed by atoms with van der Waals surface area (Å²) in [6.07, 6.45) is 0.676. The lowest BCUT2D eigenvalue weighted by atomic mass is 10.1. The Bertz CT molecular complexity index is 547. The van der Waals surface area contributed by atoms with Gasteiger partial charge in [-0.1, -0.05) is 33.6 Å². The summed E-state index contributed by atoms with van der Waals surface area (Å²) in [6, 6.07) is 5.88. The number of nitrogens with zero attached hydrogens (tertiary/aromatic N) is 1. The zero-order valence-electron chi connectivity index (χ0n) is 10.1. The van der Waals surface area contributed by atoms with Gasteiger partial charge in [-0.2, -0.15) is 0 Å². The number of alkyl halides is 1. The number of benzene rings is 1. The van der Waals surface area contributed by atoms with Crippen molar-refractivity contribution in [3.63, 3.8) is 0 Å². The maximum Gasteiger partial charge on any atom is 0.152 e. The fraction of sp³-hybridized carbons (Fsp3) is 0.500. The summed E-state index contributed by atoms with van der Waals surface area (Å²) in [4.78, 5) is 1.98. The van der Waals surface area contributed by atoms with Crippen LogP contribution in [0.15, 0.2) is 18.2 Å². The number of halogens is 2. The first-order chi connectivity index (χ1) is 8.43. The Labute approximate surface area is 121 Å². The molecular formula is C12H15BrClNO2S. The molecule has 0 radical (unpaired) electrons. The lowest BCUT2D eigenvalue weighted by Crippen LogP contribution is -2.32. The number of sulfone groups is 1. The number of hydrogen-bond acceptors (Lipinski definition) is 3. The first kappa shape index (κ1) is 14.2. The second-order valence-electron chi connectivity index (χ2n) is 4.59. The van der Waals surface area contributed by atoms with Crippen molar-refractivity contribution < 1.29 is 8.42 Å². The van der Waals surface area contributed by atoms with Gasteiger partial charge in [0.2, 0.25) is 0 Å². The van der Waals surface area contributed by atoms with Gasteiger partial charge in [0, 0.05) is 18.4 Å². The molecule has 1 saturated heterocycles. The molecule has 2 rings (SSSR count). The van der Waals surface area contributed by atoms with E-state index < -0.39 is 9.84 Å². The molecule has 0 amide bonds. The van der Waals surface area contributed by atoms with Gasteiger partial charge in [0.05, 0.1) is 22.2 Å². The monoisotopic (exact) mass is 351 g/mol. The zero-order valence-corrected chi connectivity index (χ0v) is 13.2. The average molecular weight is 353 g/mol. The molecule has 1 aromatic rings. The lowest BCUT2D eigenvalue weighted by Gasteiger charge is -2.26. The quantitative estimate of drug-likeness (QED) is 0.785. The number of anilines is 1. The molecule has 1 atom stereocenters. The van der Waals surface area contributed by atoms with Gasteiger partial charge in [-0.25, -0.2) is 8.42 Å². The molecule has 1 heterocycles. The standard InChI is InChI=1S/C12H15BrClNO2S/c1-15(10-4-5-18(16,17)8-10)12-3-2-9(7-13)6-11(12)14/h2-3,6,10H,4-5,7-8H2,1H3. The van der Waals surface area contributed by atoms with E-state index in [0.29, 0.717) is 11.4 Å². The van der Waals surface area contributed by atoms with Crippen molar-refractivity contribution in [2.75, 3.05) is 23.5 Å². The van der Waals surface area contributed by atoms with Gasteiger partial charge in [0.1, 0.15) is 0 Å². The molecule has 1 aliphatic heterocycles. The molecule has 6 heteroatoms. The topological polar surface area (TPSA) is 37.4 Å². The summed E-state index contributed by atoms with van der Waals surface area (Å²) in [5, 5.41) is 1.42. The van der Waals surface area contributed by atoms with E-state index in [1.54, 1.807) is 0 Å². The van der Waals surface area contributed by atoms with E-state index in [-0.39, 0.29) is 17.5 Å². The molecular weight excluding hydrogens is 338 g/mol. The van der Waals surface area contributed by atoms with Crippen LogP contribution >= 0.6 is 27.5 Å².